The van der Waals surface area contributed by atoms with E-state index in [1.807, 2.05) is 0 Å². The number of amides is 2. The summed E-state index contributed by atoms with van der Waals surface area (Å²) in [5.41, 5.74) is 0.137. The van der Waals surface area contributed by atoms with Crippen LogP contribution in [-0.4, -0.2) is 58.5 Å². The van der Waals surface area contributed by atoms with Crippen molar-refractivity contribution in [2.75, 3.05) is 26.2 Å². The molecule has 3 fully saturated rings. The van der Waals surface area contributed by atoms with E-state index in [4.69, 9.17) is 4.74 Å². The van der Waals surface area contributed by atoms with Gasteiger partial charge in [0, 0.05) is 32.0 Å². The summed E-state index contributed by atoms with van der Waals surface area (Å²) in [5.74, 6) is 1.09. The van der Waals surface area contributed by atoms with Crippen molar-refractivity contribution in [3.63, 3.8) is 0 Å². The van der Waals surface area contributed by atoms with Crippen molar-refractivity contribution in [1.29, 1.82) is 0 Å². The van der Waals surface area contributed by atoms with E-state index in [1.54, 1.807) is 11.1 Å². The van der Waals surface area contributed by atoms with Crippen molar-refractivity contribution in [2.45, 2.75) is 37.7 Å². The number of aromatic nitrogens is 2. The average Bonchev–Trinajstić information content (AvgIpc) is 3.30. The Kier molecular flexibility index (Phi) is 4.41. The van der Waals surface area contributed by atoms with Gasteiger partial charge in [0.2, 0.25) is 5.91 Å². The molecule has 1 saturated carbocycles. The van der Waals surface area contributed by atoms with E-state index < -0.39 is 0 Å². The lowest BCUT2D eigenvalue weighted by molar-refractivity contribution is -0.123. The number of carbonyl (C=O) groups excluding carboxylic acids is 2. The van der Waals surface area contributed by atoms with Gasteiger partial charge in [0.1, 0.15) is 11.3 Å². The molecule has 1 aromatic heterocycles. The quantitative estimate of drug-likeness (QED) is 0.833. The molecule has 0 unspecified atom stereocenters. The maximum atomic E-state index is 12.4. The molecule has 2 saturated heterocycles. The maximum absolute atomic E-state index is 12.4. The molecule has 1 atom stereocenters. The first-order valence-electron chi connectivity index (χ1n) is 9.12. The average molecular weight is 344 g/mol. The van der Waals surface area contributed by atoms with Crippen LogP contribution in [0.3, 0.4) is 0 Å². The van der Waals surface area contributed by atoms with Crippen molar-refractivity contribution < 1.29 is 14.3 Å². The summed E-state index contributed by atoms with van der Waals surface area (Å²) in [6.07, 6.45) is 9.55. The first-order valence-corrected chi connectivity index (χ1v) is 9.12. The van der Waals surface area contributed by atoms with Crippen molar-refractivity contribution >= 4 is 11.8 Å². The second-order valence-electron chi connectivity index (χ2n) is 7.44. The van der Waals surface area contributed by atoms with Crippen LogP contribution >= 0.6 is 0 Å². The molecule has 2 aliphatic heterocycles. The number of carbonyl (C=O) groups is 2. The Morgan fingerprint density at radius 3 is 2.84 bits per heavy atom. The summed E-state index contributed by atoms with van der Waals surface area (Å²) in [5, 5.41) is 3.03. The Morgan fingerprint density at radius 2 is 2.12 bits per heavy atom. The zero-order valence-electron chi connectivity index (χ0n) is 14.3. The summed E-state index contributed by atoms with van der Waals surface area (Å²) >= 11 is 0. The Labute approximate surface area is 147 Å². The fraction of sp³-hybridized carbons (Fsp3) is 0.667. The van der Waals surface area contributed by atoms with Gasteiger partial charge in [-0.2, -0.15) is 0 Å². The molecule has 3 aliphatic rings. The van der Waals surface area contributed by atoms with Crippen LogP contribution < -0.4 is 5.32 Å². The van der Waals surface area contributed by atoms with Crippen LogP contribution in [0.25, 0.3) is 0 Å². The van der Waals surface area contributed by atoms with Gasteiger partial charge in [0.25, 0.3) is 5.91 Å². The lowest BCUT2D eigenvalue weighted by Gasteiger charge is -2.50. The Hall–Kier alpha value is -2.02. The second-order valence-corrected chi connectivity index (χ2v) is 7.44. The predicted molar refractivity (Wildman–Crippen MR) is 89.7 cm³/mol. The molecule has 25 heavy (non-hydrogen) atoms. The minimum Gasteiger partial charge on any atom is -0.371 e. The molecule has 0 aromatic carbocycles. The Balaban J connectivity index is 1.26. The number of nitrogens with one attached hydrogen (secondary N) is 1. The molecule has 7 heteroatoms. The number of rotatable bonds is 6. The van der Waals surface area contributed by atoms with Gasteiger partial charge in [-0.1, -0.05) is 0 Å². The molecule has 1 N–H and O–H groups in total. The number of hydrogen-bond donors (Lipinski definition) is 1. The van der Waals surface area contributed by atoms with E-state index in [9.17, 15) is 9.59 Å². The van der Waals surface area contributed by atoms with E-state index in [1.165, 1.54) is 25.2 Å². The van der Waals surface area contributed by atoms with E-state index in [0.717, 1.165) is 19.4 Å². The highest BCUT2D eigenvalue weighted by Gasteiger charge is 2.54. The summed E-state index contributed by atoms with van der Waals surface area (Å²) in [6, 6.07) is 0. The summed E-state index contributed by atoms with van der Waals surface area (Å²) < 4.78 is 5.99. The SMILES string of the molecule is O=C(CC1CC1)NCC[C@@H]1CCOC12CN(C(=O)c1cnccn1)C2. The zero-order valence-corrected chi connectivity index (χ0v) is 14.3. The molecule has 2 amide bonds. The largest absolute Gasteiger partial charge is 0.371 e. The molecule has 1 aliphatic carbocycles. The molecule has 0 bridgehead atoms. The van der Waals surface area contributed by atoms with Gasteiger partial charge in [0.15, 0.2) is 0 Å². The zero-order chi connectivity index (χ0) is 17.3. The third-order valence-corrected chi connectivity index (χ3v) is 5.57. The van der Waals surface area contributed by atoms with E-state index >= 15 is 0 Å². The fourth-order valence-electron chi connectivity index (χ4n) is 3.90. The highest BCUT2D eigenvalue weighted by molar-refractivity contribution is 5.92. The molecule has 4 rings (SSSR count). The monoisotopic (exact) mass is 344 g/mol. The Bertz CT molecular complexity index is 641. The molecular weight excluding hydrogens is 320 g/mol. The van der Waals surface area contributed by atoms with Gasteiger partial charge < -0.3 is 15.0 Å². The van der Waals surface area contributed by atoms with Crippen molar-refractivity contribution in [2.24, 2.45) is 11.8 Å². The maximum Gasteiger partial charge on any atom is 0.274 e. The van der Waals surface area contributed by atoms with Crippen molar-refractivity contribution in [3.8, 4) is 0 Å². The first-order chi connectivity index (χ1) is 12.2. The van der Waals surface area contributed by atoms with Gasteiger partial charge in [-0.05, 0) is 37.5 Å². The van der Waals surface area contributed by atoms with Crippen LogP contribution in [0.5, 0.6) is 0 Å². The number of nitrogens with zero attached hydrogens (tertiary/aromatic N) is 3. The highest BCUT2D eigenvalue weighted by atomic mass is 16.5. The molecule has 1 aromatic rings. The fourth-order valence-corrected chi connectivity index (χ4v) is 3.90. The van der Waals surface area contributed by atoms with Crippen molar-refractivity contribution in [1.82, 2.24) is 20.2 Å². The number of hydrogen-bond acceptors (Lipinski definition) is 5. The summed E-state index contributed by atoms with van der Waals surface area (Å²) in [7, 11) is 0. The highest BCUT2D eigenvalue weighted by Crippen LogP contribution is 2.42. The van der Waals surface area contributed by atoms with Crippen LogP contribution in [-0.2, 0) is 9.53 Å². The van der Waals surface area contributed by atoms with E-state index in [-0.39, 0.29) is 17.4 Å². The van der Waals surface area contributed by atoms with Crippen LogP contribution in [0.15, 0.2) is 18.6 Å². The van der Waals surface area contributed by atoms with Crippen LogP contribution in [0, 0.1) is 11.8 Å². The molecule has 0 radical (unpaired) electrons. The predicted octanol–water partition coefficient (Wildman–Crippen LogP) is 1.01. The normalized spacial score (nSPS) is 24.2. The number of likely N-dealkylation sites (tertiary alicyclic amines) is 1. The summed E-state index contributed by atoms with van der Waals surface area (Å²) in [4.78, 5) is 34.0. The third-order valence-electron chi connectivity index (χ3n) is 5.57. The molecule has 134 valence electrons. The van der Waals surface area contributed by atoms with E-state index in [0.29, 0.717) is 43.6 Å². The van der Waals surface area contributed by atoms with Crippen molar-refractivity contribution in [3.05, 3.63) is 24.3 Å². The van der Waals surface area contributed by atoms with E-state index in [2.05, 4.69) is 15.3 Å². The molecule has 3 heterocycles. The van der Waals surface area contributed by atoms with Gasteiger partial charge in [-0.3, -0.25) is 14.6 Å². The summed E-state index contributed by atoms with van der Waals surface area (Å²) in [6.45, 7) is 2.62. The number of ether oxygens (including phenoxy) is 1. The van der Waals surface area contributed by atoms with Gasteiger partial charge in [-0.15, -0.1) is 0 Å². The smallest absolute Gasteiger partial charge is 0.274 e. The molecular formula is C18H24N4O3. The minimum atomic E-state index is -0.237. The minimum absolute atomic E-state index is 0.0919. The van der Waals surface area contributed by atoms with Gasteiger partial charge in [0.05, 0.1) is 19.3 Å². The van der Waals surface area contributed by atoms with Gasteiger partial charge in [-0.25, -0.2) is 4.98 Å². The standard InChI is InChI=1S/C18H24N4O3/c23-16(9-13-1-2-13)21-5-3-14-4-8-25-18(14)11-22(12-18)17(24)15-10-19-6-7-20-15/h6-7,10,13-14H,1-5,8-9,11-12H2,(H,21,23)/t14-/m1/s1. The van der Waals surface area contributed by atoms with Gasteiger partial charge >= 0.3 is 0 Å². The van der Waals surface area contributed by atoms with Crippen LogP contribution in [0.2, 0.25) is 0 Å². The Morgan fingerprint density at radius 1 is 1.28 bits per heavy atom. The molecule has 1 spiro atoms. The lowest BCUT2D eigenvalue weighted by Crippen LogP contribution is -2.66. The lowest BCUT2D eigenvalue weighted by atomic mass is 9.78. The van der Waals surface area contributed by atoms with Crippen LogP contribution in [0.4, 0.5) is 0 Å². The topological polar surface area (TPSA) is 84.4 Å². The third kappa shape index (κ3) is 3.51. The molecule has 7 nitrogen and oxygen atoms in total. The second kappa shape index (κ2) is 6.71. The van der Waals surface area contributed by atoms with Crippen LogP contribution in [0.1, 0.15) is 42.6 Å². The first kappa shape index (κ1) is 16.4.